The third-order valence-electron chi connectivity index (χ3n) is 2.43. The zero-order valence-corrected chi connectivity index (χ0v) is 9.74. The van der Waals surface area contributed by atoms with E-state index in [2.05, 4.69) is 15.1 Å². The summed E-state index contributed by atoms with van der Waals surface area (Å²) in [7, 11) is 0. The second-order valence-corrected chi connectivity index (χ2v) is 3.85. The van der Waals surface area contributed by atoms with Crippen molar-refractivity contribution < 1.29 is 4.42 Å². The van der Waals surface area contributed by atoms with Gasteiger partial charge >= 0.3 is 0 Å². The van der Waals surface area contributed by atoms with Gasteiger partial charge in [0.1, 0.15) is 5.82 Å². The molecular weight excluding hydrogens is 230 g/mol. The van der Waals surface area contributed by atoms with Crippen molar-refractivity contribution in [3.05, 3.63) is 42.4 Å². The monoisotopic (exact) mass is 241 g/mol. The SMILES string of the molecule is Cc1ccn(-c2cc(N)nc(-c3ccco3)n2)n1. The number of rotatable bonds is 2. The molecule has 0 aliphatic rings. The summed E-state index contributed by atoms with van der Waals surface area (Å²) in [5.74, 6) is 2.01. The number of furan rings is 1. The predicted octanol–water partition coefficient (Wildman–Crippen LogP) is 1.81. The molecule has 0 amide bonds. The Hall–Kier alpha value is -2.63. The van der Waals surface area contributed by atoms with Gasteiger partial charge in [0.25, 0.3) is 0 Å². The number of anilines is 1. The molecule has 0 radical (unpaired) electrons. The van der Waals surface area contributed by atoms with Crippen LogP contribution in [0.4, 0.5) is 5.82 Å². The predicted molar refractivity (Wildman–Crippen MR) is 66.0 cm³/mol. The zero-order chi connectivity index (χ0) is 12.5. The summed E-state index contributed by atoms with van der Waals surface area (Å²) in [4.78, 5) is 8.52. The molecule has 6 heteroatoms. The first kappa shape index (κ1) is 10.5. The van der Waals surface area contributed by atoms with Crippen molar-refractivity contribution >= 4 is 5.82 Å². The smallest absolute Gasteiger partial charge is 0.199 e. The van der Waals surface area contributed by atoms with Gasteiger partial charge in [0.2, 0.25) is 0 Å². The van der Waals surface area contributed by atoms with Crippen molar-refractivity contribution in [2.24, 2.45) is 0 Å². The summed E-state index contributed by atoms with van der Waals surface area (Å²) in [6, 6.07) is 7.12. The zero-order valence-electron chi connectivity index (χ0n) is 9.74. The molecule has 3 aromatic rings. The Morgan fingerprint density at radius 3 is 2.83 bits per heavy atom. The van der Waals surface area contributed by atoms with E-state index >= 15 is 0 Å². The highest BCUT2D eigenvalue weighted by Crippen LogP contribution is 2.18. The Kier molecular flexibility index (Phi) is 2.33. The van der Waals surface area contributed by atoms with Crippen LogP contribution in [-0.4, -0.2) is 19.7 Å². The van der Waals surface area contributed by atoms with Crippen LogP contribution in [0.15, 0.2) is 41.1 Å². The van der Waals surface area contributed by atoms with Gasteiger partial charge in [-0.25, -0.2) is 14.6 Å². The molecule has 6 nitrogen and oxygen atoms in total. The molecule has 3 rings (SSSR count). The molecule has 0 aliphatic heterocycles. The molecule has 0 aliphatic carbocycles. The molecule has 0 bridgehead atoms. The first-order chi connectivity index (χ1) is 8.72. The molecule has 0 fully saturated rings. The molecule has 0 saturated heterocycles. The Bertz CT molecular complexity index is 672. The maximum absolute atomic E-state index is 5.78. The molecule has 3 aromatic heterocycles. The number of aromatic nitrogens is 4. The van der Waals surface area contributed by atoms with Gasteiger partial charge in [-0.1, -0.05) is 0 Å². The number of nitrogens with two attached hydrogens (primary N) is 1. The fourth-order valence-electron chi connectivity index (χ4n) is 1.63. The molecule has 0 spiro atoms. The lowest BCUT2D eigenvalue weighted by atomic mass is 10.4. The average Bonchev–Trinajstić information content (AvgIpc) is 2.98. The van der Waals surface area contributed by atoms with Crippen LogP contribution in [0.5, 0.6) is 0 Å². The second-order valence-electron chi connectivity index (χ2n) is 3.85. The lowest BCUT2D eigenvalue weighted by Gasteiger charge is -2.03. The van der Waals surface area contributed by atoms with E-state index in [9.17, 15) is 0 Å². The van der Waals surface area contributed by atoms with Gasteiger partial charge < -0.3 is 10.2 Å². The Labute approximate surface area is 103 Å². The molecule has 2 N–H and O–H groups in total. The summed E-state index contributed by atoms with van der Waals surface area (Å²) in [6.45, 7) is 1.91. The number of hydrogen-bond acceptors (Lipinski definition) is 5. The van der Waals surface area contributed by atoms with Gasteiger partial charge in [-0.05, 0) is 25.1 Å². The van der Waals surface area contributed by atoms with Gasteiger partial charge in [-0.2, -0.15) is 5.10 Å². The lowest BCUT2D eigenvalue weighted by molar-refractivity contribution is 0.577. The van der Waals surface area contributed by atoms with Crippen molar-refractivity contribution in [3.8, 4) is 17.4 Å². The van der Waals surface area contributed by atoms with Crippen LogP contribution in [0.1, 0.15) is 5.69 Å². The molecule has 0 atom stereocenters. The topological polar surface area (TPSA) is 82.8 Å². The van der Waals surface area contributed by atoms with Crippen LogP contribution < -0.4 is 5.73 Å². The minimum absolute atomic E-state index is 0.375. The van der Waals surface area contributed by atoms with Gasteiger partial charge in [0, 0.05) is 12.3 Å². The normalized spacial score (nSPS) is 10.7. The highest BCUT2D eigenvalue weighted by molar-refractivity contribution is 5.52. The third kappa shape index (κ3) is 1.84. The van der Waals surface area contributed by atoms with Crippen LogP contribution in [0, 0.1) is 6.92 Å². The molecule has 0 unspecified atom stereocenters. The quantitative estimate of drug-likeness (QED) is 0.739. The van der Waals surface area contributed by atoms with Crippen molar-refractivity contribution in [1.29, 1.82) is 0 Å². The highest BCUT2D eigenvalue weighted by Gasteiger charge is 2.09. The van der Waals surface area contributed by atoms with Crippen LogP contribution in [0.25, 0.3) is 17.4 Å². The molecule has 3 heterocycles. The lowest BCUT2D eigenvalue weighted by Crippen LogP contribution is -2.04. The molecule has 0 saturated carbocycles. The standard InChI is InChI=1S/C12H11N5O/c1-8-4-5-17(16-8)11-7-10(13)14-12(15-11)9-3-2-6-18-9/h2-7H,1H3,(H2,13,14,15). The summed E-state index contributed by atoms with van der Waals surface area (Å²) in [5.41, 5.74) is 6.68. The molecular formula is C12H11N5O. The van der Waals surface area contributed by atoms with Crippen molar-refractivity contribution in [3.63, 3.8) is 0 Å². The third-order valence-corrected chi connectivity index (χ3v) is 2.43. The van der Waals surface area contributed by atoms with Crippen molar-refractivity contribution in [2.75, 3.05) is 5.73 Å². The Morgan fingerprint density at radius 2 is 2.17 bits per heavy atom. The van der Waals surface area contributed by atoms with Crippen LogP contribution in [0.2, 0.25) is 0 Å². The molecule has 90 valence electrons. The maximum atomic E-state index is 5.78. The Morgan fingerprint density at radius 1 is 1.28 bits per heavy atom. The minimum atomic E-state index is 0.375. The average molecular weight is 241 g/mol. The van der Waals surface area contributed by atoms with Gasteiger partial charge in [0.05, 0.1) is 12.0 Å². The minimum Gasteiger partial charge on any atom is -0.461 e. The van der Waals surface area contributed by atoms with Crippen molar-refractivity contribution in [1.82, 2.24) is 19.7 Å². The summed E-state index contributed by atoms with van der Waals surface area (Å²) < 4.78 is 6.91. The van der Waals surface area contributed by atoms with Crippen LogP contribution in [0.3, 0.4) is 0 Å². The summed E-state index contributed by atoms with van der Waals surface area (Å²) in [6.07, 6.45) is 3.39. The van der Waals surface area contributed by atoms with E-state index in [0.29, 0.717) is 23.2 Å². The fourth-order valence-corrected chi connectivity index (χ4v) is 1.63. The van der Waals surface area contributed by atoms with E-state index in [1.165, 1.54) is 0 Å². The van der Waals surface area contributed by atoms with E-state index < -0.39 is 0 Å². The van der Waals surface area contributed by atoms with Crippen LogP contribution >= 0.6 is 0 Å². The van der Waals surface area contributed by atoms with E-state index in [4.69, 9.17) is 10.2 Å². The van der Waals surface area contributed by atoms with E-state index in [0.717, 1.165) is 5.69 Å². The van der Waals surface area contributed by atoms with Gasteiger partial charge in [-0.3, -0.25) is 0 Å². The fraction of sp³-hybridized carbons (Fsp3) is 0.0833. The molecule has 18 heavy (non-hydrogen) atoms. The van der Waals surface area contributed by atoms with E-state index in [1.807, 2.05) is 19.2 Å². The van der Waals surface area contributed by atoms with Crippen molar-refractivity contribution in [2.45, 2.75) is 6.92 Å². The number of nitrogen functional groups attached to an aromatic ring is 1. The Balaban J connectivity index is 2.11. The van der Waals surface area contributed by atoms with E-state index in [-0.39, 0.29) is 0 Å². The number of aryl methyl sites for hydroxylation is 1. The van der Waals surface area contributed by atoms with Gasteiger partial charge in [0.15, 0.2) is 17.4 Å². The first-order valence-electron chi connectivity index (χ1n) is 5.43. The van der Waals surface area contributed by atoms with E-state index in [1.54, 1.807) is 29.1 Å². The summed E-state index contributed by atoms with van der Waals surface area (Å²) in [5, 5.41) is 4.28. The highest BCUT2D eigenvalue weighted by atomic mass is 16.3. The number of nitrogens with zero attached hydrogens (tertiary/aromatic N) is 4. The first-order valence-corrected chi connectivity index (χ1v) is 5.43. The largest absolute Gasteiger partial charge is 0.461 e. The second kappa shape index (κ2) is 3.99. The maximum Gasteiger partial charge on any atom is 0.199 e. The molecule has 0 aromatic carbocycles. The number of hydrogen-bond donors (Lipinski definition) is 1. The van der Waals surface area contributed by atoms with Gasteiger partial charge in [-0.15, -0.1) is 0 Å². The van der Waals surface area contributed by atoms with Crippen LogP contribution in [-0.2, 0) is 0 Å². The summed E-state index contributed by atoms with van der Waals surface area (Å²) >= 11 is 0.